The monoisotopic (exact) mass is 159 g/mol. The highest BCUT2D eigenvalue weighted by Gasteiger charge is 2.19. The highest BCUT2D eigenvalue weighted by Crippen LogP contribution is 2.14. The Morgan fingerprint density at radius 3 is 2.27 bits per heavy atom. The first-order chi connectivity index (χ1) is 5.20. The molecule has 0 saturated carbocycles. The molecule has 1 aliphatic heterocycles. The second-order valence-electron chi connectivity index (χ2n) is 3.01. The third-order valence-corrected chi connectivity index (χ3v) is 2.18. The Kier molecular flexibility index (Phi) is 5.51. The topological polar surface area (TPSA) is 23.5 Å². The quantitative estimate of drug-likeness (QED) is 0.579. The normalized spacial score (nSPS) is 32.5. The summed E-state index contributed by atoms with van der Waals surface area (Å²) in [5.41, 5.74) is 0. The van der Waals surface area contributed by atoms with Gasteiger partial charge in [0.25, 0.3) is 0 Å². The van der Waals surface area contributed by atoms with Crippen LogP contribution in [-0.2, 0) is 0 Å². The number of hydrogen-bond acceptors (Lipinski definition) is 2. The van der Waals surface area contributed by atoms with Crippen molar-refractivity contribution in [1.82, 2.24) is 4.90 Å². The lowest BCUT2D eigenvalue weighted by Crippen LogP contribution is -2.39. The zero-order chi connectivity index (χ0) is 8.85. The summed E-state index contributed by atoms with van der Waals surface area (Å²) in [4.78, 5) is 2.28. The summed E-state index contributed by atoms with van der Waals surface area (Å²) >= 11 is 0. The van der Waals surface area contributed by atoms with Crippen molar-refractivity contribution in [2.75, 3.05) is 13.6 Å². The first-order valence-electron chi connectivity index (χ1n) is 4.58. The van der Waals surface area contributed by atoms with Gasteiger partial charge in [0, 0.05) is 12.6 Å². The van der Waals surface area contributed by atoms with Crippen LogP contribution in [0.1, 0.15) is 33.6 Å². The maximum absolute atomic E-state index is 9.17. The number of likely N-dealkylation sites (tertiary alicyclic amines) is 1. The van der Waals surface area contributed by atoms with Crippen molar-refractivity contribution in [3.05, 3.63) is 0 Å². The van der Waals surface area contributed by atoms with E-state index in [0.29, 0.717) is 6.04 Å². The maximum Gasteiger partial charge on any atom is 0.0567 e. The summed E-state index contributed by atoms with van der Waals surface area (Å²) in [6.07, 6.45) is 1.84. The van der Waals surface area contributed by atoms with E-state index >= 15 is 0 Å². The highest BCUT2D eigenvalue weighted by molar-refractivity contribution is 4.75. The first kappa shape index (κ1) is 10.9. The molecule has 1 fully saturated rings. The molecule has 1 aliphatic rings. The van der Waals surface area contributed by atoms with Gasteiger partial charge in [-0.25, -0.2) is 0 Å². The van der Waals surface area contributed by atoms with Gasteiger partial charge in [0.2, 0.25) is 0 Å². The molecule has 2 nitrogen and oxygen atoms in total. The average molecular weight is 159 g/mol. The molecule has 68 valence electrons. The molecule has 1 rings (SSSR count). The standard InChI is InChI=1S/C7H15NO.C2H6/c1-6-5-7(9)3-4-8(6)2;1-2/h6-7,9H,3-5H2,1-2H3;1-2H3/t6-,7?;/m1./s1. The lowest BCUT2D eigenvalue weighted by Gasteiger charge is -2.32. The smallest absolute Gasteiger partial charge is 0.0567 e. The van der Waals surface area contributed by atoms with E-state index in [0.717, 1.165) is 19.4 Å². The van der Waals surface area contributed by atoms with Crippen molar-refractivity contribution in [3.8, 4) is 0 Å². The molecule has 2 atom stereocenters. The third kappa shape index (κ3) is 3.73. The molecule has 0 aliphatic carbocycles. The minimum Gasteiger partial charge on any atom is -0.393 e. The fourth-order valence-corrected chi connectivity index (χ4v) is 1.26. The maximum atomic E-state index is 9.17. The lowest BCUT2D eigenvalue weighted by molar-refractivity contribution is 0.0624. The summed E-state index contributed by atoms with van der Waals surface area (Å²) in [6.45, 7) is 7.20. The van der Waals surface area contributed by atoms with Crippen LogP contribution in [0.4, 0.5) is 0 Å². The molecule has 1 heterocycles. The SMILES string of the molecule is CC.C[C@@H]1CC(O)CCN1C. The summed E-state index contributed by atoms with van der Waals surface area (Å²) in [7, 11) is 2.11. The Morgan fingerprint density at radius 1 is 1.36 bits per heavy atom. The van der Waals surface area contributed by atoms with Crippen LogP contribution in [0.15, 0.2) is 0 Å². The van der Waals surface area contributed by atoms with Crippen LogP contribution in [0.2, 0.25) is 0 Å². The average Bonchev–Trinajstić information content (AvgIpc) is 2.02. The van der Waals surface area contributed by atoms with E-state index in [2.05, 4.69) is 18.9 Å². The fourth-order valence-electron chi connectivity index (χ4n) is 1.26. The van der Waals surface area contributed by atoms with Crippen LogP contribution in [0, 0.1) is 0 Å². The molecule has 1 unspecified atom stereocenters. The van der Waals surface area contributed by atoms with Gasteiger partial charge in [-0.1, -0.05) is 13.8 Å². The second-order valence-corrected chi connectivity index (χ2v) is 3.01. The predicted octanol–water partition coefficient (Wildman–Crippen LogP) is 1.49. The number of rotatable bonds is 0. The van der Waals surface area contributed by atoms with Gasteiger partial charge in [-0.3, -0.25) is 0 Å². The molecule has 0 radical (unpaired) electrons. The third-order valence-electron chi connectivity index (χ3n) is 2.18. The first-order valence-corrected chi connectivity index (χ1v) is 4.58. The van der Waals surface area contributed by atoms with E-state index in [1.165, 1.54) is 0 Å². The van der Waals surface area contributed by atoms with Gasteiger partial charge in [-0.15, -0.1) is 0 Å². The van der Waals surface area contributed by atoms with Gasteiger partial charge in [0.05, 0.1) is 6.10 Å². The minimum absolute atomic E-state index is 0.0452. The Morgan fingerprint density at radius 2 is 1.91 bits per heavy atom. The number of aliphatic hydroxyl groups is 1. The fraction of sp³-hybridized carbons (Fsp3) is 1.00. The molecule has 0 aromatic carbocycles. The highest BCUT2D eigenvalue weighted by atomic mass is 16.3. The molecular weight excluding hydrogens is 138 g/mol. The second kappa shape index (κ2) is 5.56. The molecule has 0 amide bonds. The van der Waals surface area contributed by atoms with Gasteiger partial charge in [-0.2, -0.15) is 0 Å². The summed E-state index contributed by atoms with van der Waals surface area (Å²) < 4.78 is 0. The summed E-state index contributed by atoms with van der Waals surface area (Å²) in [6, 6.07) is 0.564. The molecule has 0 aromatic heterocycles. The van der Waals surface area contributed by atoms with Crippen molar-refractivity contribution in [2.24, 2.45) is 0 Å². The molecule has 0 bridgehead atoms. The number of aliphatic hydroxyl groups excluding tert-OH is 1. The van der Waals surface area contributed by atoms with Crippen LogP contribution in [0.5, 0.6) is 0 Å². The molecule has 1 saturated heterocycles. The van der Waals surface area contributed by atoms with Gasteiger partial charge < -0.3 is 10.0 Å². The minimum atomic E-state index is -0.0452. The Bertz CT molecular complexity index is 95.6. The molecule has 1 N–H and O–H groups in total. The van der Waals surface area contributed by atoms with Crippen molar-refractivity contribution >= 4 is 0 Å². The van der Waals surface area contributed by atoms with Crippen LogP contribution >= 0.6 is 0 Å². The van der Waals surface area contributed by atoms with Crippen LogP contribution < -0.4 is 0 Å². The number of piperidine rings is 1. The van der Waals surface area contributed by atoms with Crippen molar-refractivity contribution in [3.63, 3.8) is 0 Å². The van der Waals surface area contributed by atoms with E-state index < -0.39 is 0 Å². The van der Waals surface area contributed by atoms with E-state index in [-0.39, 0.29) is 6.10 Å². The summed E-state index contributed by atoms with van der Waals surface area (Å²) in [5.74, 6) is 0. The van der Waals surface area contributed by atoms with E-state index in [1.807, 2.05) is 13.8 Å². The van der Waals surface area contributed by atoms with Crippen molar-refractivity contribution in [2.45, 2.75) is 45.8 Å². The van der Waals surface area contributed by atoms with E-state index in [4.69, 9.17) is 0 Å². The molecular formula is C9H21NO. The lowest BCUT2D eigenvalue weighted by atomic mass is 10.0. The molecule has 0 aromatic rings. The zero-order valence-electron chi connectivity index (χ0n) is 8.17. The van der Waals surface area contributed by atoms with Crippen LogP contribution in [-0.4, -0.2) is 35.7 Å². The number of nitrogens with zero attached hydrogens (tertiary/aromatic N) is 1. The van der Waals surface area contributed by atoms with Crippen LogP contribution in [0.3, 0.4) is 0 Å². The molecule has 2 heteroatoms. The predicted molar refractivity (Wildman–Crippen MR) is 48.7 cm³/mol. The van der Waals surface area contributed by atoms with Gasteiger partial charge in [0.15, 0.2) is 0 Å². The number of hydrogen-bond donors (Lipinski definition) is 1. The van der Waals surface area contributed by atoms with Gasteiger partial charge >= 0.3 is 0 Å². The van der Waals surface area contributed by atoms with Gasteiger partial charge in [0.1, 0.15) is 0 Å². The van der Waals surface area contributed by atoms with Crippen molar-refractivity contribution < 1.29 is 5.11 Å². The zero-order valence-corrected chi connectivity index (χ0v) is 8.17. The van der Waals surface area contributed by atoms with E-state index in [9.17, 15) is 5.11 Å². The Balaban J connectivity index is 0.000000461. The largest absolute Gasteiger partial charge is 0.393 e. The van der Waals surface area contributed by atoms with Gasteiger partial charge in [-0.05, 0) is 26.8 Å². The van der Waals surface area contributed by atoms with Crippen molar-refractivity contribution in [1.29, 1.82) is 0 Å². The molecule has 0 spiro atoms. The Labute approximate surface area is 70.2 Å². The summed E-state index contributed by atoms with van der Waals surface area (Å²) in [5, 5.41) is 9.17. The van der Waals surface area contributed by atoms with E-state index in [1.54, 1.807) is 0 Å². The van der Waals surface area contributed by atoms with Crippen LogP contribution in [0.25, 0.3) is 0 Å². The molecule has 11 heavy (non-hydrogen) atoms. The Hall–Kier alpha value is -0.0800.